The highest BCUT2D eigenvalue weighted by atomic mass is 32.2. The van der Waals surface area contributed by atoms with Crippen LogP contribution in [0.5, 0.6) is 0 Å². The van der Waals surface area contributed by atoms with E-state index in [1.165, 1.54) is 6.92 Å². The SMILES string of the molecule is CC(=O)N1C(C(=O)N2CCCC2)CSC1c1ccoc1. The van der Waals surface area contributed by atoms with Gasteiger partial charge in [0.1, 0.15) is 11.4 Å². The number of likely N-dealkylation sites (tertiary alicyclic amines) is 1. The van der Waals surface area contributed by atoms with Crippen molar-refractivity contribution in [1.29, 1.82) is 0 Å². The number of amides is 2. The van der Waals surface area contributed by atoms with Gasteiger partial charge in [0.25, 0.3) is 0 Å². The predicted molar refractivity (Wildman–Crippen MR) is 76.0 cm³/mol. The van der Waals surface area contributed by atoms with Crippen molar-refractivity contribution in [3.63, 3.8) is 0 Å². The molecule has 20 heavy (non-hydrogen) atoms. The van der Waals surface area contributed by atoms with Gasteiger partial charge in [-0.05, 0) is 18.9 Å². The molecule has 5 nitrogen and oxygen atoms in total. The Kier molecular flexibility index (Phi) is 3.74. The molecule has 1 aromatic rings. The number of nitrogens with zero attached hydrogens (tertiary/aromatic N) is 2. The standard InChI is InChI=1S/C14H18N2O3S/c1-10(17)16-12(13(18)15-5-2-3-6-15)9-20-14(16)11-4-7-19-8-11/h4,7-8,12,14H,2-3,5-6,9H2,1H3. The van der Waals surface area contributed by atoms with E-state index in [9.17, 15) is 9.59 Å². The summed E-state index contributed by atoms with van der Waals surface area (Å²) < 4.78 is 5.10. The van der Waals surface area contributed by atoms with Crippen molar-refractivity contribution >= 4 is 23.6 Å². The summed E-state index contributed by atoms with van der Waals surface area (Å²) in [6.45, 7) is 3.17. The van der Waals surface area contributed by atoms with Crippen molar-refractivity contribution in [2.24, 2.45) is 0 Å². The quantitative estimate of drug-likeness (QED) is 0.835. The molecule has 0 saturated carbocycles. The summed E-state index contributed by atoms with van der Waals surface area (Å²) in [4.78, 5) is 28.2. The predicted octanol–water partition coefficient (Wildman–Crippen LogP) is 1.86. The summed E-state index contributed by atoms with van der Waals surface area (Å²) in [5, 5.41) is -0.109. The van der Waals surface area contributed by atoms with Gasteiger partial charge in [-0.25, -0.2) is 0 Å². The van der Waals surface area contributed by atoms with Crippen LogP contribution < -0.4 is 0 Å². The molecule has 2 unspecified atom stereocenters. The third-order valence-corrected chi connectivity index (χ3v) is 5.22. The van der Waals surface area contributed by atoms with Gasteiger partial charge in [-0.1, -0.05) is 0 Å². The second-order valence-electron chi connectivity index (χ2n) is 5.22. The van der Waals surface area contributed by atoms with Crippen LogP contribution >= 0.6 is 11.8 Å². The highest BCUT2D eigenvalue weighted by molar-refractivity contribution is 7.99. The van der Waals surface area contributed by atoms with Crippen molar-refractivity contribution in [3.05, 3.63) is 24.2 Å². The van der Waals surface area contributed by atoms with E-state index >= 15 is 0 Å². The van der Waals surface area contributed by atoms with Crippen molar-refractivity contribution in [1.82, 2.24) is 9.80 Å². The zero-order chi connectivity index (χ0) is 14.1. The summed E-state index contributed by atoms with van der Waals surface area (Å²) in [6.07, 6.45) is 5.38. The van der Waals surface area contributed by atoms with E-state index in [4.69, 9.17) is 4.42 Å². The Bertz CT molecular complexity index is 497. The molecule has 0 aliphatic carbocycles. The summed E-state index contributed by atoms with van der Waals surface area (Å²) >= 11 is 1.63. The van der Waals surface area contributed by atoms with Crippen LogP contribution in [0.2, 0.25) is 0 Å². The van der Waals surface area contributed by atoms with Gasteiger partial charge in [-0.3, -0.25) is 9.59 Å². The Balaban J connectivity index is 1.81. The zero-order valence-electron chi connectivity index (χ0n) is 11.4. The molecule has 2 aliphatic rings. The minimum atomic E-state index is -0.338. The third-order valence-electron chi connectivity index (χ3n) is 3.90. The Hall–Kier alpha value is -1.43. The molecule has 2 fully saturated rings. The first-order valence-corrected chi connectivity index (χ1v) is 7.95. The molecule has 2 amide bonds. The maximum Gasteiger partial charge on any atom is 0.246 e. The number of hydrogen-bond acceptors (Lipinski definition) is 4. The molecule has 1 aromatic heterocycles. The molecule has 2 saturated heterocycles. The van der Waals surface area contributed by atoms with E-state index in [-0.39, 0.29) is 23.2 Å². The van der Waals surface area contributed by atoms with Gasteiger partial charge >= 0.3 is 0 Å². The lowest BCUT2D eigenvalue weighted by Gasteiger charge is -2.29. The second-order valence-corrected chi connectivity index (χ2v) is 6.33. The zero-order valence-corrected chi connectivity index (χ0v) is 12.3. The van der Waals surface area contributed by atoms with Crippen LogP contribution in [0, 0.1) is 0 Å². The Morgan fingerprint density at radius 2 is 2.10 bits per heavy atom. The lowest BCUT2D eigenvalue weighted by molar-refractivity contribution is -0.143. The molecule has 3 rings (SSSR count). The Morgan fingerprint density at radius 1 is 1.35 bits per heavy atom. The van der Waals surface area contributed by atoms with Crippen LogP contribution in [0.3, 0.4) is 0 Å². The van der Waals surface area contributed by atoms with Crippen molar-refractivity contribution in [3.8, 4) is 0 Å². The maximum atomic E-state index is 12.6. The van der Waals surface area contributed by atoms with E-state index in [1.807, 2.05) is 11.0 Å². The molecule has 0 N–H and O–H groups in total. The van der Waals surface area contributed by atoms with Crippen LogP contribution in [-0.2, 0) is 9.59 Å². The lowest BCUT2D eigenvalue weighted by atomic mass is 10.2. The van der Waals surface area contributed by atoms with Crippen molar-refractivity contribution in [2.75, 3.05) is 18.8 Å². The molecule has 0 aromatic carbocycles. The van der Waals surface area contributed by atoms with Crippen LogP contribution in [-0.4, -0.2) is 46.5 Å². The summed E-state index contributed by atoms with van der Waals surface area (Å²) in [7, 11) is 0. The first-order valence-electron chi connectivity index (χ1n) is 6.90. The van der Waals surface area contributed by atoms with E-state index in [0.29, 0.717) is 5.75 Å². The van der Waals surface area contributed by atoms with Gasteiger partial charge in [0.05, 0.1) is 12.5 Å². The number of rotatable bonds is 2. The van der Waals surface area contributed by atoms with Gasteiger partial charge < -0.3 is 14.2 Å². The van der Waals surface area contributed by atoms with Gasteiger partial charge in [0.2, 0.25) is 11.8 Å². The smallest absolute Gasteiger partial charge is 0.246 e. The van der Waals surface area contributed by atoms with Crippen LogP contribution in [0.1, 0.15) is 30.7 Å². The Morgan fingerprint density at radius 3 is 2.70 bits per heavy atom. The average Bonchev–Trinajstić information content (AvgIpc) is 3.17. The number of carbonyl (C=O) groups is 2. The fourth-order valence-corrected chi connectivity index (χ4v) is 4.35. The molecule has 6 heteroatoms. The number of hydrogen-bond donors (Lipinski definition) is 0. The highest BCUT2D eigenvalue weighted by Crippen LogP contribution is 2.42. The molecule has 108 valence electrons. The fourth-order valence-electron chi connectivity index (χ4n) is 2.90. The minimum Gasteiger partial charge on any atom is -0.472 e. The second kappa shape index (κ2) is 5.52. The number of thioether (sulfide) groups is 1. The molecular weight excluding hydrogens is 276 g/mol. The van der Waals surface area contributed by atoms with Crippen molar-refractivity contribution in [2.45, 2.75) is 31.2 Å². The molecule has 2 aliphatic heterocycles. The van der Waals surface area contributed by atoms with Gasteiger partial charge in [0.15, 0.2) is 0 Å². The Labute approximate surface area is 122 Å². The molecule has 0 spiro atoms. The topological polar surface area (TPSA) is 53.8 Å². The van der Waals surface area contributed by atoms with E-state index in [0.717, 1.165) is 31.5 Å². The molecule has 0 radical (unpaired) electrons. The van der Waals surface area contributed by atoms with Crippen molar-refractivity contribution < 1.29 is 14.0 Å². The van der Waals surface area contributed by atoms with E-state index in [1.54, 1.807) is 29.2 Å². The van der Waals surface area contributed by atoms with E-state index < -0.39 is 0 Å². The van der Waals surface area contributed by atoms with Gasteiger partial charge in [0, 0.05) is 31.3 Å². The normalized spacial score (nSPS) is 26.2. The largest absolute Gasteiger partial charge is 0.472 e. The lowest BCUT2D eigenvalue weighted by Crippen LogP contribution is -2.48. The third kappa shape index (κ3) is 2.32. The van der Waals surface area contributed by atoms with Crippen LogP contribution in [0.4, 0.5) is 0 Å². The molecular formula is C14H18N2O3S. The first kappa shape index (κ1) is 13.5. The summed E-state index contributed by atoms with van der Waals surface area (Å²) in [5.74, 6) is 0.694. The first-order chi connectivity index (χ1) is 9.68. The summed E-state index contributed by atoms with van der Waals surface area (Å²) in [5.41, 5.74) is 0.946. The molecule has 0 bridgehead atoms. The average molecular weight is 294 g/mol. The number of furan rings is 1. The van der Waals surface area contributed by atoms with Gasteiger partial charge in [-0.15, -0.1) is 11.8 Å². The fraction of sp³-hybridized carbons (Fsp3) is 0.571. The maximum absolute atomic E-state index is 12.6. The highest BCUT2D eigenvalue weighted by Gasteiger charge is 2.43. The van der Waals surface area contributed by atoms with Crippen LogP contribution in [0.15, 0.2) is 23.0 Å². The monoisotopic (exact) mass is 294 g/mol. The van der Waals surface area contributed by atoms with Crippen LogP contribution in [0.25, 0.3) is 0 Å². The molecule has 3 heterocycles. The van der Waals surface area contributed by atoms with Gasteiger partial charge in [-0.2, -0.15) is 0 Å². The van der Waals surface area contributed by atoms with E-state index in [2.05, 4.69) is 0 Å². The molecule has 2 atom stereocenters. The number of carbonyl (C=O) groups excluding carboxylic acids is 2. The summed E-state index contributed by atoms with van der Waals surface area (Å²) in [6, 6.07) is 1.52. The minimum absolute atomic E-state index is 0.0567.